The summed E-state index contributed by atoms with van der Waals surface area (Å²) in [4.78, 5) is 0. The summed E-state index contributed by atoms with van der Waals surface area (Å²) in [5, 5.41) is 3.44. The third-order valence-corrected chi connectivity index (χ3v) is 3.81. The third kappa shape index (κ3) is 4.27. The van der Waals surface area contributed by atoms with Crippen LogP contribution >= 0.6 is 0 Å². The highest BCUT2D eigenvalue weighted by molar-refractivity contribution is 5.28. The van der Waals surface area contributed by atoms with E-state index >= 15 is 0 Å². The SMILES string of the molecule is CCCC(CCC)(CNC(C)C)c1ccc(F)cc1F. The molecule has 20 heavy (non-hydrogen) atoms. The van der Waals surface area contributed by atoms with Crippen LogP contribution in [0.1, 0.15) is 58.9 Å². The number of rotatable bonds is 8. The van der Waals surface area contributed by atoms with E-state index in [0.29, 0.717) is 11.6 Å². The molecule has 0 aliphatic carbocycles. The van der Waals surface area contributed by atoms with Crippen LogP contribution < -0.4 is 5.32 Å². The number of hydrogen-bond acceptors (Lipinski definition) is 1. The van der Waals surface area contributed by atoms with E-state index in [4.69, 9.17) is 0 Å². The van der Waals surface area contributed by atoms with Crippen LogP contribution in [0.25, 0.3) is 0 Å². The molecule has 0 saturated heterocycles. The standard InChI is InChI=1S/C17H27F2N/c1-5-9-17(10-6-2,12-20-13(3)4)15-8-7-14(18)11-16(15)19/h7-8,11,13,20H,5-6,9-10,12H2,1-4H3. The summed E-state index contributed by atoms with van der Waals surface area (Å²) in [5.41, 5.74) is 0.404. The maximum Gasteiger partial charge on any atom is 0.129 e. The molecule has 0 saturated carbocycles. The molecule has 1 N–H and O–H groups in total. The quantitative estimate of drug-likeness (QED) is 0.722. The molecule has 0 aliphatic rings. The molecule has 3 heteroatoms. The lowest BCUT2D eigenvalue weighted by Gasteiger charge is -2.35. The molecule has 1 aromatic carbocycles. The van der Waals surface area contributed by atoms with Crippen molar-refractivity contribution >= 4 is 0 Å². The number of benzene rings is 1. The second kappa shape index (κ2) is 7.72. The van der Waals surface area contributed by atoms with Gasteiger partial charge in [0.1, 0.15) is 11.6 Å². The molecule has 0 aliphatic heterocycles. The van der Waals surface area contributed by atoms with Crippen LogP contribution in [0.2, 0.25) is 0 Å². The largest absolute Gasteiger partial charge is 0.314 e. The van der Waals surface area contributed by atoms with Crippen molar-refractivity contribution < 1.29 is 8.78 Å². The van der Waals surface area contributed by atoms with Gasteiger partial charge in [-0.2, -0.15) is 0 Å². The van der Waals surface area contributed by atoms with Crippen molar-refractivity contribution in [1.82, 2.24) is 5.32 Å². The molecule has 0 radical (unpaired) electrons. The molecule has 1 nitrogen and oxygen atoms in total. The van der Waals surface area contributed by atoms with Gasteiger partial charge < -0.3 is 5.32 Å². The smallest absolute Gasteiger partial charge is 0.129 e. The van der Waals surface area contributed by atoms with Crippen molar-refractivity contribution in [3.63, 3.8) is 0 Å². The predicted molar refractivity (Wildman–Crippen MR) is 81.0 cm³/mol. The van der Waals surface area contributed by atoms with E-state index in [0.717, 1.165) is 38.3 Å². The van der Waals surface area contributed by atoms with Gasteiger partial charge in [-0.1, -0.05) is 46.6 Å². The summed E-state index contributed by atoms with van der Waals surface area (Å²) in [7, 11) is 0. The van der Waals surface area contributed by atoms with Crippen LogP contribution in [0.4, 0.5) is 8.78 Å². The zero-order valence-corrected chi connectivity index (χ0v) is 13.1. The predicted octanol–water partition coefficient (Wildman–Crippen LogP) is 4.80. The molecule has 0 fully saturated rings. The highest BCUT2D eigenvalue weighted by Gasteiger charge is 2.33. The number of halogens is 2. The van der Waals surface area contributed by atoms with E-state index in [-0.39, 0.29) is 5.41 Å². The number of nitrogens with one attached hydrogen (secondary N) is 1. The molecule has 1 rings (SSSR count). The molecule has 0 unspecified atom stereocenters. The van der Waals surface area contributed by atoms with Gasteiger partial charge in [0, 0.05) is 24.1 Å². The van der Waals surface area contributed by atoms with E-state index in [1.807, 2.05) is 0 Å². The Balaban J connectivity index is 3.17. The van der Waals surface area contributed by atoms with Crippen molar-refractivity contribution in [1.29, 1.82) is 0 Å². The molecule has 0 bridgehead atoms. The lowest BCUT2D eigenvalue weighted by Crippen LogP contribution is -2.41. The monoisotopic (exact) mass is 283 g/mol. The second-order valence-corrected chi connectivity index (χ2v) is 5.94. The Bertz CT molecular complexity index is 409. The van der Waals surface area contributed by atoms with Gasteiger partial charge in [-0.15, -0.1) is 0 Å². The highest BCUT2D eigenvalue weighted by atomic mass is 19.1. The van der Waals surface area contributed by atoms with Crippen molar-refractivity contribution in [2.24, 2.45) is 0 Å². The highest BCUT2D eigenvalue weighted by Crippen LogP contribution is 2.36. The Hall–Kier alpha value is -0.960. The maximum atomic E-state index is 14.2. The maximum absolute atomic E-state index is 14.2. The summed E-state index contributed by atoms with van der Waals surface area (Å²) in [6.45, 7) is 9.13. The van der Waals surface area contributed by atoms with Crippen molar-refractivity contribution in [3.8, 4) is 0 Å². The Morgan fingerprint density at radius 1 is 1.10 bits per heavy atom. The van der Waals surface area contributed by atoms with Crippen molar-refractivity contribution in [2.45, 2.75) is 64.8 Å². The average molecular weight is 283 g/mol. The fraction of sp³-hybridized carbons (Fsp3) is 0.647. The fourth-order valence-electron chi connectivity index (χ4n) is 2.94. The van der Waals surface area contributed by atoms with E-state index in [9.17, 15) is 8.78 Å². The Kier molecular flexibility index (Phi) is 6.60. The molecule has 0 aromatic heterocycles. The average Bonchev–Trinajstić information content (AvgIpc) is 2.36. The Morgan fingerprint density at radius 3 is 2.15 bits per heavy atom. The van der Waals surface area contributed by atoms with Crippen LogP contribution in [0, 0.1) is 11.6 Å². The third-order valence-electron chi connectivity index (χ3n) is 3.81. The first kappa shape index (κ1) is 17.1. The van der Waals surface area contributed by atoms with Gasteiger partial charge in [0.2, 0.25) is 0 Å². The van der Waals surface area contributed by atoms with Gasteiger partial charge in [-0.3, -0.25) is 0 Å². The zero-order chi connectivity index (χ0) is 15.2. The fourth-order valence-corrected chi connectivity index (χ4v) is 2.94. The minimum absolute atomic E-state index is 0.244. The minimum Gasteiger partial charge on any atom is -0.314 e. The van der Waals surface area contributed by atoms with E-state index in [1.165, 1.54) is 6.07 Å². The van der Waals surface area contributed by atoms with E-state index in [1.54, 1.807) is 6.07 Å². The molecule has 0 heterocycles. The van der Waals surface area contributed by atoms with Gasteiger partial charge in [-0.05, 0) is 24.5 Å². The van der Waals surface area contributed by atoms with E-state index < -0.39 is 11.6 Å². The first-order valence-corrected chi connectivity index (χ1v) is 7.64. The summed E-state index contributed by atoms with van der Waals surface area (Å²) in [5.74, 6) is -0.928. The van der Waals surface area contributed by atoms with Crippen molar-refractivity contribution in [3.05, 3.63) is 35.4 Å². The lowest BCUT2D eigenvalue weighted by molar-refractivity contribution is 0.313. The minimum atomic E-state index is -0.509. The molecular weight excluding hydrogens is 256 g/mol. The van der Waals surface area contributed by atoms with Gasteiger partial charge >= 0.3 is 0 Å². The summed E-state index contributed by atoms with van der Waals surface area (Å²) in [6, 6.07) is 4.35. The van der Waals surface area contributed by atoms with Crippen LogP contribution in [-0.2, 0) is 5.41 Å². The van der Waals surface area contributed by atoms with E-state index in [2.05, 4.69) is 33.0 Å². The normalized spacial score (nSPS) is 12.2. The molecule has 0 spiro atoms. The van der Waals surface area contributed by atoms with Crippen LogP contribution in [0.5, 0.6) is 0 Å². The first-order chi connectivity index (χ1) is 9.45. The van der Waals surface area contributed by atoms with Crippen LogP contribution in [0.15, 0.2) is 18.2 Å². The van der Waals surface area contributed by atoms with Gasteiger partial charge in [0.15, 0.2) is 0 Å². The van der Waals surface area contributed by atoms with Crippen LogP contribution in [0.3, 0.4) is 0 Å². The zero-order valence-electron chi connectivity index (χ0n) is 13.1. The van der Waals surface area contributed by atoms with Crippen LogP contribution in [-0.4, -0.2) is 12.6 Å². The first-order valence-electron chi connectivity index (χ1n) is 7.64. The second-order valence-electron chi connectivity index (χ2n) is 5.94. The summed E-state index contributed by atoms with van der Waals surface area (Å²) >= 11 is 0. The molecule has 0 atom stereocenters. The van der Waals surface area contributed by atoms with Gasteiger partial charge in [-0.25, -0.2) is 8.78 Å². The Labute approximate surface area is 121 Å². The number of hydrogen-bond donors (Lipinski definition) is 1. The van der Waals surface area contributed by atoms with Crippen molar-refractivity contribution in [2.75, 3.05) is 6.54 Å². The van der Waals surface area contributed by atoms with Gasteiger partial charge in [0.05, 0.1) is 0 Å². The topological polar surface area (TPSA) is 12.0 Å². The molecule has 114 valence electrons. The molecular formula is C17H27F2N. The lowest BCUT2D eigenvalue weighted by atomic mass is 9.73. The summed E-state index contributed by atoms with van der Waals surface area (Å²) < 4.78 is 27.4. The van der Waals surface area contributed by atoms with Gasteiger partial charge in [0.25, 0.3) is 0 Å². The Morgan fingerprint density at radius 2 is 1.70 bits per heavy atom. The molecule has 0 amide bonds. The molecule has 1 aromatic rings. The summed E-state index contributed by atoms with van der Waals surface area (Å²) in [6.07, 6.45) is 3.78.